The van der Waals surface area contributed by atoms with Crippen molar-refractivity contribution >= 4 is 33.4 Å². The van der Waals surface area contributed by atoms with E-state index in [1.165, 1.54) is 25.6 Å². The fraction of sp³-hybridized carbons (Fsp3) is 0.318. The maximum Gasteiger partial charge on any atom is 0.325 e. The van der Waals surface area contributed by atoms with Gasteiger partial charge in [-0.2, -0.15) is 4.99 Å². The third-order valence-corrected chi connectivity index (χ3v) is 5.58. The number of amides is 1. The molecule has 2 aromatic carbocycles. The van der Waals surface area contributed by atoms with Crippen molar-refractivity contribution in [2.24, 2.45) is 4.99 Å². The fourth-order valence-corrected chi connectivity index (χ4v) is 4.12. The lowest BCUT2D eigenvalue weighted by molar-refractivity contribution is -0.141. The first kappa shape index (κ1) is 22.4. The van der Waals surface area contributed by atoms with Gasteiger partial charge in [-0.15, -0.1) is 0 Å². The molecule has 0 N–H and O–H groups in total. The number of carbonyl (C=O) groups excluding carboxylic acids is 2. The Labute approximate surface area is 183 Å². The maximum atomic E-state index is 12.8. The highest BCUT2D eigenvalue weighted by atomic mass is 32.1. The topological polar surface area (TPSA) is 88.4 Å². The van der Waals surface area contributed by atoms with E-state index in [9.17, 15) is 9.59 Å². The Bertz CT molecular complexity index is 1160. The molecule has 1 amide bonds. The zero-order valence-electron chi connectivity index (χ0n) is 17.8. The lowest BCUT2D eigenvalue weighted by Gasteiger charge is -2.08. The number of hydrogen-bond acceptors (Lipinski definition) is 7. The third-order valence-electron chi connectivity index (χ3n) is 4.54. The first-order chi connectivity index (χ1) is 15.0. The summed E-state index contributed by atoms with van der Waals surface area (Å²) in [6, 6.07) is 10.8. The minimum absolute atomic E-state index is 0.0455. The molecular formula is C22H24N2O6S. The predicted molar refractivity (Wildman–Crippen MR) is 117 cm³/mol. The molecule has 0 unspecified atom stereocenters. The number of rotatable bonds is 8. The summed E-state index contributed by atoms with van der Waals surface area (Å²) in [4.78, 5) is 29.4. The number of hydrogen-bond donors (Lipinski definition) is 0. The summed E-state index contributed by atoms with van der Waals surface area (Å²) in [5, 5.41) is 0. The van der Waals surface area contributed by atoms with E-state index in [1.807, 2.05) is 25.1 Å². The number of fused-ring (bicyclic) bond motifs is 1. The number of aromatic nitrogens is 1. The van der Waals surface area contributed by atoms with E-state index in [4.69, 9.17) is 18.9 Å². The molecule has 1 aromatic heterocycles. The van der Waals surface area contributed by atoms with Crippen molar-refractivity contribution in [2.45, 2.75) is 19.9 Å². The molecule has 0 radical (unpaired) electrons. The van der Waals surface area contributed by atoms with Gasteiger partial charge >= 0.3 is 5.97 Å². The average molecular weight is 445 g/mol. The number of nitrogens with zero attached hydrogens (tertiary/aromatic N) is 2. The van der Waals surface area contributed by atoms with E-state index in [-0.39, 0.29) is 18.9 Å². The van der Waals surface area contributed by atoms with Gasteiger partial charge in [-0.05, 0) is 31.2 Å². The monoisotopic (exact) mass is 444 g/mol. The van der Waals surface area contributed by atoms with Gasteiger partial charge in [0.1, 0.15) is 23.8 Å². The van der Waals surface area contributed by atoms with E-state index in [2.05, 4.69) is 4.99 Å². The largest absolute Gasteiger partial charge is 0.497 e. The Morgan fingerprint density at radius 3 is 2.48 bits per heavy atom. The standard InChI is InChI=1S/C22H24N2O6S/c1-5-30-16-8-9-17-19(12-16)31-22(24(17)13-21(26)29-4)23-20(25)10-14-6-7-15(27-2)11-18(14)28-3/h6-9,11-12H,5,10,13H2,1-4H3. The van der Waals surface area contributed by atoms with Crippen LogP contribution in [0, 0.1) is 0 Å². The average Bonchev–Trinajstić information content (AvgIpc) is 3.09. The van der Waals surface area contributed by atoms with Crippen LogP contribution in [0.15, 0.2) is 41.4 Å². The molecular weight excluding hydrogens is 420 g/mol. The molecule has 0 aliphatic rings. The fourth-order valence-electron chi connectivity index (χ4n) is 3.05. The Balaban J connectivity index is 2.00. The highest BCUT2D eigenvalue weighted by molar-refractivity contribution is 7.16. The zero-order valence-corrected chi connectivity index (χ0v) is 18.7. The van der Waals surface area contributed by atoms with Crippen LogP contribution in [0.25, 0.3) is 10.2 Å². The molecule has 0 spiro atoms. The van der Waals surface area contributed by atoms with E-state index in [1.54, 1.807) is 29.9 Å². The van der Waals surface area contributed by atoms with Gasteiger partial charge in [-0.25, -0.2) is 0 Å². The number of carbonyl (C=O) groups is 2. The Morgan fingerprint density at radius 1 is 1.03 bits per heavy atom. The molecule has 0 atom stereocenters. The maximum absolute atomic E-state index is 12.8. The summed E-state index contributed by atoms with van der Waals surface area (Å²) < 4.78 is 23.4. The lowest BCUT2D eigenvalue weighted by atomic mass is 10.1. The van der Waals surface area contributed by atoms with Gasteiger partial charge in [0.15, 0.2) is 4.80 Å². The van der Waals surface area contributed by atoms with Crippen LogP contribution in [-0.2, 0) is 27.3 Å². The Morgan fingerprint density at radius 2 is 1.81 bits per heavy atom. The van der Waals surface area contributed by atoms with Crippen LogP contribution in [0.3, 0.4) is 0 Å². The molecule has 3 rings (SSSR count). The molecule has 1 heterocycles. The third kappa shape index (κ3) is 5.24. The van der Waals surface area contributed by atoms with Crippen molar-refractivity contribution in [3.8, 4) is 17.2 Å². The van der Waals surface area contributed by atoms with E-state index < -0.39 is 5.97 Å². The number of ether oxygens (including phenoxy) is 4. The van der Waals surface area contributed by atoms with Crippen molar-refractivity contribution in [2.75, 3.05) is 27.9 Å². The summed E-state index contributed by atoms with van der Waals surface area (Å²) in [5.74, 6) is 1.10. The van der Waals surface area contributed by atoms with Gasteiger partial charge in [0.05, 0.1) is 44.6 Å². The second-order valence-electron chi connectivity index (χ2n) is 6.47. The summed E-state index contributed by atoms with van der Waals surface area (Å²) in [7, 11) is 4.42. The van der Waals surface area contributed by atoms with Crippen LogP contribution in [0.5, 0.6) is 17.2 Å². The lowest BCUT2D eigenvalue weighted by Crippen LogP contribution is -2.22. The zero-order chi connectivity index (χ0) is 22.4. The minimum atomic E-state index is -0.431. The van der Waals surface area contributed by atoms with Crippen LogP contribution in [0.2, 0.25) is 0 Å². The van der Waals surface area contributed by atoms with Crippen molar-refractivity contribution in [1.29, 1.82) is 0 Å². The summed E-state index contributed by atoms with van der Waals surface area (Å²) in [5.41, 5.74) is 1.46. The number of esters is 1. The molecule has 8 nitrogen and oxygen atoms in total. The van der Waals surface area contributed by atoms with Gasteiger partial charge in [-0.1, -0.05) is 17.4 Å². The minimum Gasteiger partial charge on any atom is -0.497 e. The normalized spacial score (nSPS) is 11.4. The van der Waals surface area contributed by atoms with Crippen LogP contribution in [-0.4, -0.2) is 44.4 Å². The number of methoxy groups -OCH3 is 3. The first-order valence-corrected chi connectivity index (χ1v) is 10.4. The predicted octanol–water partition coefficient (Wildman–Crippen LogP) is 2.96. The Hall–Kier alpha value is -3.33. The van der Waals surface area contributed by atoms with E-state index >= 15 is 0 Å². The Kier molecular flexibility index (Phi) is 7.30. The molecule has 9 heteroatoms. The summed E-state index contributed by atoms with van der Waals surface area (Å²) >= 11 is 1.31. The van der Waals surface area contributed by atoms with Crippen molar-refractivity contribution < 1.29 is 28.5 Å². The molecule has 0 aliphatic carbocycles. The smallest absolute Gasteiger partial charge is 0.325 e. The summed E-state index contributed by atoms with van der Waals surface area (Å²) in [6.45, 7) is 2.39. The molecule has 31 heavy (non-hydrogen) atoms. The quantitative estimate of drug-likeness (QED) is 0.497. The van der Waals surface area contributed by atoms with Crippen LogP contribution in [0.4, 0.5) is 0 Å². The molecule has 3 aromatic rings. The molecule has 0 saturated carbocycles. The van der Waals surface area contributed by atoms with Crippen molar-refractivity contribution in [3.05, 3.63) is 46.8 Å². The molecule has 0 fully saturated rings. The number of thiazole rings is 1. The van der Waals surface area contributed by atoms with Gasteiger partial charge in [-0.3, -0.25) is 9.59 Å². The second-order valence-corrected chi connectivity index (χ2v) is 7.48. The molecule has 0 bridgehead atoms. The van der Waals surface area contributed by atoms with Gasteiger partial charge in [0.2, 0.25) is 0 Å². The van der Waals surface area contributed by atoms with Gasteiger partial charge < -0.3 is 23.5 Å². The van der Waals surface area contributed by atoms with Gasteiger partial charge in [0, 0.05) is 11.6 Å². The van der Waals surface area contributed by atoms with E-state index in [0.29, 0.717) is 34.2 Å². The van der Waals surface area contributed by atoms with Gasteiger partial charge in [0.25, 0.3) is 5.91 Å². The first-order valence-electron chi connectivity index (χ1n) is 9.60. The summed E-state index contributed by atoms with van der Waals surface area (Å²) in [6.07, 6.45) is 0.0455. The van der Waals surface area contributed by atoms with Crippen molar-refractivity contribution in [1.82, 2.24) is 4.57 Å². The molecule has 0 aliphatic heterocycles. The van der Waals surface area contributed by atoms with E-state index in [0.717, 1.165) is 10.2 Å². The SMILES string of the molecule is CCOc1ccc2c(c1)sc(=NC(=O)Cc1ccc(OC)cc1OC)n2CC(=O)OC. The highest BCUT2D eigenvalue weighted by Gasteiger charge is 2.14. The van der Waals surface area contributed by atoms with Crippen LogP contribution < -0.4 is 19.0 Å². The molecule has 164 valence electrons. The number of benzene rings is 2. The van der Waals surface area contributed by atoms with Crippen molar-refractivity contribution in [3.63, 3.8) is 0 Å². The molecule has 0 saturated heterocycles. The second kappa shape index (κ2) is 10.1. The highest BCUT2D eigenvalue weighted by Crippen LogP contribution is 2.26. The van der Waals surface area contributed by atoms with Crippen LogP contribution in [0.1, 0.15) is 12.5 Å². The van der Waals surface area contributed by atoms with Crippen LogP contribution >= 0.6 is 11.3 Å².